The lowest BCUT2D eigenvalue weighted by molar-refractivity contribution is 0.103. The molecule has 7 heteroatoms. The lowest BCUT2D eigenvalue weighted by Crippen LogP contribution is -2.11. The van der Waals surface area contributed by atoms with E-state index in [9.17, 15) is 13.6 Å². The van der Waals surface area contributed by atoms with Gasteiger partial charge in [-0.15, -0.1) is 11.3 Å². The number of halogens is 3. The molecule has 1 heterocycles. The van der Waals surface area contributed by atoms with Gasteiger partial charge in [0.2, 0.25) is 0 Å². The normalized spacial score (nSPS) is 10.7. The second kappa shape index (κ2) is 6.78. The molecule has 0 radical (unpaired) electrons. The Bertz CT molecular complexity index is 906. The van der Waals surface area contributed by atoms with Gasteiger partial charge in [-0.25, -0.2) is 13.8 Å². The minimum absolute atomic E-state index is 0.141. The Balaban J connectivity index is 1.93. The van der Waals surface area contributed by atoms with E-state index in [1.165, 1.54) is 6.07 Å². The fourth-order valence-electron chi connectivity index (χ4n) is 2.17. The van der Waals surface area contributed by atoms with Crippen LogP contribution in [-0.4, -0.2) is 10.9 Å². The number of carbonyl (C=O) groups excluding carboxylic acids is 1. The van der Waals surface area contributed by atoms with Gasteiger partial charge in [0.05, 0.1) is 11.3 Å². The number of nitrogens with one attached hydrogen (secondary N) is 1. The summed E-state index contributed by atoms with van der Waals surface area (Å²) >= 11 is 4.29. The summed E-state index contributed by atoms with van der Waals surface area (Å²) in [4.78, 5) is 16.9. The van der Waals surface area contributed by atoms with Crippen LogP contribution in [-0.2, 0) is 0 Å². The molecule has 122 valence electrons. The zero-order chi connectivity index (χ0) is 17.3. The summed E-state index contributed by atoms with van der Waals surface area (Å²) in [7, 11) is 0. The lowest BCUT2D eigenvalue weighted by atomic mass is 10.2. The molecule has 0 aliphatic heterocycles. The Labute approximate surface area is 149 Å². The molecule has 1 amide bonds. The Morgan fingerprint density at radius 2 is 1.83 bits per heavy atom. The number of amides is 1. The van der Waals surface area contributed by atoms with Crippen molar-refractivity contribution in [3.8, 4) is 10.6 Å². The van der Waals surface area contributed by atoms with Gasteiger partial charge in [0.15, 0.2) is 0 Å². The van der Waals surface area contributed by atoms with Crippen molar-refractivity contribution in [2.45, 2.75) is 6.92 Å². The minimum Gasteiger partial charge on any atom is -0.321 e. The number of benzene rings is 2. The van der Waals surface area contributed by atoms with E-state index < -0.39 is 11.6 Å². The SMILES string of the molecule is Cc1nc(-c2c(F)cccc2F)sc1C(=O)Nc1cccc(Br)c1. The predicted octanol–water partition coefficient (Wildman–Crippen LogP) is 5.41. The maximum Gasteiger partial charge on any atom is 0.267 e. The minimum atomic E-state index is -0.706. The first-order valence-electron chi connectivity index (χ1n) is 6.94. The van der Waals surface area contributed by atoms with E-state index in [0.717, 1.165) is 27.9 Å². The fraction of sp³-hybridized carbons (Fsp3) is 0.0588. The highest BCUT2D eigenvalue weighted by atomic mass is 79.9. The van der Waals surface area contributed by atoms with E-state index in [2.05, 4.69) is 26.2 Å². The van der Waals surface area contributed by atoms with Crippen LogP contribution in [0.2, 0.25) is 0 Å². The molecule has 0 unspecified atom stereocenters. The summed E-state index contributed by atoms with van der Waals surface area (Å²) in [5.41, 5.74) is 0.818. The highest BCUT2D eigenvalue weighted by molar-refractivity contribution is 9.10. The van der Waals surface area contributed by atoms with Gasteiger partial charge in [-0.1, -0.05) is 28.1 Å². The average Bonchev–Trinajstić information content (AvgIpc) is 2.89. The van der Waals surface area contributed by atoms with E-state index in [4.69, 9.17) is 0 Å². The van der Waals surface area contributed by atoms with Crippen LogP contribution in [0.5, 0.6) is 0 Å². The quantitative estimate of drug-likeness (QED) is 0.629. The highest BCUT2D eigenvalue weighted by Crippen LogP contribution is 2.32. The van der Waals surface area contributed by atoms with Crippen molar-refractivity contribution in [2.24, 2.45) is 0 Å². The number of hydrogen-bond donors (Lipinski definition) is 1. The summed E-state index contributed by atoms with van der Waals surface area (Å²) in [6.45, 7) is 1.63. The third kappa shape index (κ3) is 3.37. The molecule has 0 saturated heterocycles. The average molecular weight is 409 g/mol. The maximum absolute atomic E-state index is 13.9. The van der Waals surface area contributed by atoms with E-state index in [1.54, 1.807) is 25.1 Å². The van der Waals surface area contributed by atoms with Crippen molar-refractivity contribution in [1.82, 2.24) is 4.98 Å². The molecule has 1 aromatic heterocycles. The molecule has 24 heavy (non-hydrogen) atoms. The number of aryl methyl sites for hydroxylation is 1. The third-order valence-corrected chi connectivity index (χ3v) is 4.93. The highest BCUT2D eigenvalue weighted by Gasteiger charge is 2.20. The first kappa shape index (κ1) is 16.7. The number of thiazole rings is 1. The van der Waals surface area contributed by atoms with E-state index >= 15 is 0 Å². The molecule has 2 aromatic carbocycles. The molecule has 3 nitrogen and oxygen atoms in total. The molecule has 0 saturated carbocycles. The summed E-state index contributed by atoms with van der Waals surface area (Å²) in [6.07, 6.45) is 0. The summed E-state index contributed by atoms with van der Waals surface area (Å²) in [6, 6.07) is 10.7. The van der Waals surface area contributed by atoms with Crippen molar-refractivity contribution in [1.29, 1.82) is 0 Å². The van der Waals surface area contributed by atoms with Crippen molar-refractivity contribution >= 4 is 38.9 Å². The van der Waals surface area contributed by atoms with Gasteiger partial charge in [-0.2, -0.15) is 0 Å². The first-order chi connectivity index (χ1) is 11.5. The van der Waals surface area contributed by atoms with Crippen molar-refractivity contribution < 1.29 is 13.6 Å². The van der Waals surface area contributed by atoms with Gasteiger partial charge >= 0.3 is 0 Å². The number of nitrogens with zero attached hydrogens (tertiary/aromatic N) is 1. The monoisotopic (exact) mass is 408 g/mol. The number of rotatable bonds is 3. The van der Waals surface area contributed by atoms with Crippen LogP contribution in [0.3, 0.4) is 0 Å². The predicted molar refractivity (Wildman–Crippen MR) is 94.3 cm³/mol. The second-order valence-corrected chi connectivity index (χ2v) is 6.91. The smallest absolute Gasteiger partial charge is 0.267 e. The molecule has 3 rings (SSSR count). The number of hydrogen-bond acceptors (Lipinski definition) is 3. The van der Waals surface area contributed by atoms with E-state index in [1.807, 2.05) is 6.07 Å². The van der Waals surface area contributed by atoms with Gasteiger partial charge in [-0.05, 0) is 37.3 Å². The van der Waals surface area contributed by atoms with Crippen LogP contribution in [0.15, 0.2) is 46.9 Å². The molecule has 1 N–H and O–H groups in total. The van der Waals surface area contributed by atoms with Crippen LogP contribution >= 0.6 is 27.3 Å². The van der Waals surface area contributed by atoms with Crippen LogP contribution in [0, 0.1) is 18.6 Å². The van der Waals surface area contributed by atoms with Crippen LogP contribution in [0.4, 0.5) is 14.5 Å². The third-order valence-electron chi connectivity index (χ3n) is 3.26. The maximum atomic E-state index is 13.9. The summed E-state index contributed by atoms with van der Waals surface area (Å²) in [5, 5.41) is 2.89. The molecule has 0 bridgehead atoms. The Morgan fingerprint density at radius 3 is 2.50 bits per heavy atom. The number of aromatic nitrogens is 1. The zero-order valence-electron chi connectivity index (χ0n) is 12.4. The van der Waals surface area contributed by atoms with E-state index in [-0.39, 0.29) is 16.5 Å². The van der Waals surface area contributed by atoms with Gasteiger partial charge in [0, 0.05) is 10.2 Å². The molecule has 0 atom stereocenters. The number of carbonyl (C=O) groups is 1. The molecule has 0 aliphatic carbocycles. The van der Waals surface area contributed by atoms with Gasteiger partial charge < -0.3 is 5.32 Å². The molecule has 0 spiro atoms. The molecule has 0 fully saturated rings. The first-order valence-corrected chi connectivity index (χ1v) is 8.55. The largest absolute Gasteiger partial charge is 0.321 e. The van der Waals surface area contributed by atoms with Gasteiger partial charge in [-0.3, -0.25) is 4.79 Å². The van der Waals surface area contributed by atoms with Crippen molar-refractivity contribution in [2.75, 3.05) is 5.32 Å². The van der Waals surface area contributed by atoms with Gasteiger partial charge in [0.25, 0.3) is 5.91 Å². The second-order valence-electron chi connectivity index (χ2n) is 4.99. The zero-order valence-corrected chi connectivity index (χ0v) is 14.8. The van der Waals surface area contributed by atoms with Crippen molar-refractivity contribution in [3.63, 3.8) is 0 Å². The fourth-order valence-corrected chi connectivity index (χ4v) is 3.58. The number of anilines is 1. The Morgan fingerprint density at radius 1 is 1.17 bits per heavy atom. The van der Waals surface area contributed by atoms with Crippen LogP contribution in [0.25, 0.3) is 10.6 Å². The topological polar surface area (TPSA) is 42.0 Å². The van der Waals surface area contributed by atoms with Gasteiger partial charge in [0.1, 0.15) is 21.5 Å². The molecular weight excluding hydrogens is 398 g/mol. The molecule has 0 aliphatic rings. The standard InChI is InChI=1S/C17H11BrF2N2OS/c1-9-15(16(23)22-11-5-2-4-10(18)8-11)24-17(21-9)14-12(19)6-3-7-13(14)20/h2-8H,1H3,(H,22,23). The molecule has 3 aromatic rings. The van der Waals surface area contributed by atoms with E-state index in [0.29, 0.717) is 16.3 Å². The Hall–Kier alpha value is -2.12. The lowest BCUT2D eigenvalue weighted by Gasteiger charge is -2.04. The summed E-state index contributed by atoms with van der Waals surface area (Å²) < 4.78 is 28.6. The van der Waals surface area contributed by atoms with Crippen molar-refractivity contribution in [3.05, 3.63) is 69.1 Å². The molecular formula is C17H11BrF2N2OS. The summed E-state index contributed by atoms with van der Waals surface area (Å²) in [5.74, 6) is -1.78. The van der Waals surface area contributed by atoms with Crippen LogP contribution in [0.1, 0.15) is 15.4 Å². The Kier molecular flexibility index (Phi) is 4.73. The van der Waals surface area contributed by atoms with Crippen LogP contribution < -0.4 is 5.32 Å².